The van der Waals surface area contributed by atoms with E-state index in [1.54, 1.807) is 29.4 Å². The Bertz CT molecular complexity index is 1710. The molecule has 0 bridgehead atoms. The summed E-state index contributed by atoms with van der Waals surface area (Å²) < 4.78 is 13.3. The van der Waals surface area contributed by atoms with Gasteiger partial charge in [-0.3, -0.25) is 19.3 Å². The van der Waals surface area contributed by atoms with E-state index in [4.69, 9.17) is 14.5 Å². The Kier molecular flexibility index (Phi) is 7.86. The lowest BCUT2D eigenvalue weighted by atomic mass is 10.1. The highest BCUT2D eigenvalue weighted by Crippen LogP contribution is 2.24. The average molecular weight is 580 g/mol. The third-order valence-corrected chi connectivity index (χ3v) is 7.87. The molecule has 3 aliphatic heterocycles. The smallest absolute Gasteiger partial charge is 0.260 e. The van der Waals surface area contributed by atoms with Crippen molar-refractivity contribution in [2.45, 2.75) is 19.1 Å². The van der Waals surface area contributed by atoms with E-state index in [-0.39, 0.29) is 11.7 Å². The minimum absolute atomic E-state index is 0.147. The number of nitrogens with zero attached hydrogens (tertiary/aromatic N) is 7. The van der Waals surface area contributed by atoms with E-state index >= 15 is 0 Å². The third kappa shape index (κ3) is 6.17. The van der Waals surface area contributed by atoms with E-state index in [9.17, 15) is 4.79 Å². The van der Waals surface area contributed by atoms with Crippen molar-refractivity contribution in [3.8, 4) is 16.9 Å². The van der Waals surface area contributed by atoms with Gasteiger partial charge in [-0.2, -0.15) is 4.98 Å². The molecule has 7 rings (SSSR count). The molecule has 1 atom stereocenters. The van der Waals surface area contributed by atoms with Crippen LogP contribution in [0.4, 0.5) is 11.6 Å². The van der Waals surface area contributed by atoms with Gasteiger partial charge in [-0.1, -0.05) is 6.08 Å². The van der Waals surface area contributed by atoms with Gasteiger partial charge in [-0.15, -0.1) is 0 Å². The number of fused-ring (bicyclic) bond motifs is 1. The summed E-state index contributed by atoms with van der Waals surface area (Å²) in [6.45, 7) is 6.71. The van der Waals surface area contributed by atoms with Crippen LogP contribution in [0.2, 0.25) is 0 Å². The van der Waals surface area contributed by atoms with E-state index in [1.807, 2.05) is 36.4 Å². The molecular formula is C31H33N9O3. The van der Waals surface area contributed by atoms with Gasteiger partial charge < -0.3 is 20.1 Å². The van der Waals surface area contributed by atoms with Crippen LogP contribution in [0.5, 0.6) is 5.75 Å². The van der Waals surface area contributed by atoms with Gasteiger partial charge in [-0.05, 0) is 43.3 Å². The molecule has 220 valence electrons. The molecule has 1 aromatic carbocycles. The fourth-order valence-corrected chi connectivity index (χ4v) is 5.49. The highest BCUT2D eigenvalue weighted by Gasteiger charge is 2.18. The molecule has 2 fully saturated rings. The first-order valence-corrected chi connectivity index (χ1v) is 14.7. The van der Waals surface area contributed by atoms with Gasteiger partial charge in [-0.25, -0.2) is 15.0 Å². The van der Waals surface area contributed by atoms with Crippen LogP contribution in [0.25, 0.3) is 27.7 Å². The fraction of sp³-hybridized carbons (Fsp3) is 0.355. The Morgan fingerprint density at radius 3 is 2.63 bits per heavy atom. The van der Waals surface area contributed by atoms with Gasteiger partial charge in [0.2, 0.25) is 5.95 Å². The van der Waals surface area contributed by atoms with Gasteiger partial charge in [0, 0.05) is 79.7 Å². The number of aliphatic imine (C=N–C) groups is 1. The van der Waals surface area contributed by atoms with Crippen LogP contribution in [0.1, 0.15) is 12.2 Å². The normalized spacial score (nSPS) is 18.7. The van der Waals surface area contributed by atoms with Crippen LogP contribution in [0.15, 0.2) is 64.8 Å². The predicted molar refractivity (Wildman–Crippen MR) is 165 cm³/mol. The van der Waals surface area contributed by atoms with Crippen molar-refractivity contribution in [2.24, 2.45) is 4.99 Å². The Hall–Kier alpha value is -4.52. The number of anilines is 2. The molecule has 3 aliphatic rings. The topological polar surface area (TPSA) is 132 Å². The van der Waals surface area contributed by atoms with Gasteiger partial charge >= 0.3 is 0 Å². The Balaban J connectivity index is 1.18. The maximum atomic E-state index is 14.0. The van der Waals surface area contributed by atoms with E-state index in [2.05, 4.69) is 35.5 Å². The minimum atomic E-state index is -0.147. The van der Waals surface area contributed by atoms with E-state index in [0.717, 1.165) is 55.0 Å². The highest BCUT2D eigenvalue weighted by molar-refractivity contribution is 6.10. The van der Waals surface area contributed by atoms with Crippen molar-refractivity contribution in [3.05, 3.63) is 71.2 Å². The van der Waals surface area contributed by atoms with Crippen molar-refractivity contribution >= 4 is 34.5 Å². The maximum absolute atomic E-state index is 14.0. The highest BCUT2D eigenvalue weighted by atomic mass is 16.5. The van der Waals surface area contributed by atoms with Gasteiger partial charge in [0.15, 0.2) is 5.82 Å². The van der Waals surface area contributed by atoms with Crippen LogP contribution in [0.3, 0.4) is 0 Å². The standard InChI is InChI=1S/C31H33N9O3/c41-30-27(23-18-34-28(35-19-23)21-5-7-32-16-21)15-22-17-36-31(38-29(22)40(30)10-9-39-11-13-42-14-12-39)37-24-1-3-25(4-2-24)43-26-6-8-33-20-26/h1-5,15-19,26,33H,6-14,20H2,(H,36,37,38). The molecule has 4 aromatic rings. The Labute approximate surface area is 248 Å². The van der Waals surface area contributed by atoms with Crippen molar-refractivity contribution in [1.29, 1.82) is 0 Å². The van der Waals surface area contributed by atoms with Crippen molar-refractivity contribution in [2.75, 3.05) is 57.8 Å². The molecule has 0 saturated carbocycles. The number of pyridine rings is 1. The monoisotopic (exact) mass is 579 g/mol. The van der Waals surface area contributed by atoms with Crippen LogP contribution in [-0.4, -0.2) is 94.2 Å². The number of allylic oxidation sites excluding steroid dienone is 1. The molecule has 0 spiro atoms. The first-order chi connectivity index (χ1) is 21.2. The summed E-state index contributed by atoms with van der Waals surface area (Å²) in [6, 6.07) is 9.59. The maximum Gasteiger partial charge on any atom is 0.260 e. The number of morpholine rings is 1. The minimum Gasteiger partial charge on any atom is -0.489 e. The number of benzene rings is 1. The van der Waals surface area contributed by atoms with Crippen LogP contribution in [-0.2, 0) is 11.3 Å². The summed E-state index contributed by atoms with van der Waals surface area (Å²) in [5.41, 5.74) is 3.28. The molecule has 0 aliphatic carbocycles. The zero-order valence-corrected chi connectivity index (χ0v) is 23.8. The largest absolute Gasteiger partial charge is 0.489 e. The molecule has 1 unspecified atom stereocenters. The molecule has 6 heterocycles. The summed E-state index contributed by atoms with van der Waals surface area (Å²) >= 11 is 0. The summed E-state index contributed by atoms with van der Waals surface area (Å²) in [4.78, 5) is 38.9. The Morgan fingerprint density at radius 1 is 1.05 bits per heavy atom. The molecule has 12 nitrogen and oxygen atoms in total. The van der Waals surface area contributed by atoms with Gasteiger partial charge in [0.1, 0.15) is 17.5 Å². The second-order valence-electron chi connectivity index (χ2n) is 10.8. The number of nitrogens with one attached hydrogen (secondary N) is 2. The summed E-state index contributed by atoms with van der Waals surface area (Å²) in [5, 5.41) is 7.35. The number of rotatable bonds is 9. The first-order valence-electron chi connectivity index (χ1n) is 14.7. The third-order valence-electron chi connectivity index (χ3n) is 7.87. The zero-order valence-electron chi connectivity index (χ0n) is 23.8. The van der Waals surface area contributed by atoms with Crippen LogP contribution < -0.4 is 20.9 Å². The lowest BCUT2D eigenvalue weighted by molar-refractivity contribution is 0.0364. The molecule has 12 heteroatoms. The predicted octanol–water partition coefficient (Wildman–Crippen LogP) is 2.53. The zero-order chi connectivity index (χ0) is 29.0. The van der Waals surface area contributed by atoms with Crippen LogP contribution in [0, 0.1) is 0 Å². The summed E-state index contributed by atoms with van der Waals surface area (Å²) in [6.07, 6.45) is 10.1. The molecule has 43 heavy (non-hydrogen) atoms. The van der Waals surface area contributed by atoms with Crippen molar-refractivity contribution in [3.63, 3.8) is 0 Å². The lowest BCUT2D eigenvalue weighted by Gasteiger charge is -2.27. The van der Waals surface area contributed by atoms with Gasteiger partial charge in [0.05, 0.1) is 25.3 Å². The SMILES string of the molecule is O=c1c(-c2cnc(C3=CCN=C3)nc2)cc2cnc(Nc3ccc(OC4CCNC4)cc3)nc2n1CCN1CCOCC1. The van der Waals surface area contributed by atoms with Crippen LogP contribution >= 0.6 is 0 Å². The van der Waals surface area contributed by atoms with E-state index in [1.165, 1.54) is 0 Å². The number of hydrogen-bond donors (Lipinski definition) is 2. The van der Waals surface area contributed by atoms with Crippen molar-refractivity contribution < 1.29 is 9.47 Å². The average Bonchev–Trinajstić information content (AvgIpc) is 3.78. The second-order valence-corrected chi connectivity index (χ2v) is 10.8. The molecule has 2 saturated heterocycles. The lowest BCUT2D eigenvalue weighted by Crippen LogP contribution is -2.39. The molecule has 3 aromatic heterocycles. The number of aromatic nitrogens is 5. The van der Waals surface area contributed by atoms with E-state index in [0.29, 0.717) is 61.4 Å². The fourth-order valence-electron chi connectivity index (χ4n) is 5.49. The molecule has 0 radical (unpaired) electrons. The van der Waals surface area contributed by atoms with Crippen molar-refractivity contribution in [1.82, 2.24) is 34.7 Å². The van der Waals surface area contributed by atoms with Gasteiger partial charge in [0.25, 0.3) is 5.56 Å². The number of ether oxygens (including phenoxy) is 2. The molecule has 0 amide bonds. The summed E-state index contributed by atoms with van der Waals surface area (Å²) in [5.74, 6) is 1.83. The van der Waals surface area contributed by atoms with E-state index < -0.39 is 0 Å². The Morgan fingerprint density at radius 2 is 1.88 bits per heavy atom. The first kappa shape index (κ1) is 27.3. The molecule has 2 N–H and O–H groups in total. The quantitative estimate of drug-likeness (QED) is 0.305. The molecular weight excluding hydrogens is 546 g/mol. The second kappa shape index (κ2) is 12.4. The number of hydrogen-bond acceptors (Lipinski definition) is 11. The summed E-state index contributed by atoms with van der Waals surface area (Å²) in [7, 11) is 0.